The van der Waals surface area contributed by atoms with Crippen molar-refractivity contribution in [3.63, 3.8) is 0 Å². The van der Waals surface area contributed by atoms with Gasteiger partial charge in [-0.2, -0.15) is 0 Å². The van der Waals surface area contributed by atoms with Crippen molar-refractivity contribution in [1.29, 1.82) is 0 Å². The van der Waals surface area contributed by atoms with E-state index in [9.17, 15) is 4.79 Å². The van der Waals surface area contributed by atoms with Crippen molar-refractivity contribution in [2.75, 3.05) is 50.5 Å². The van der Waals surface area contributed by atoms with Crippen LogP contribution >= 0.6 is 0 Å². The molecule has 7 nitrogen and oxygen atoms in total. The van der Waals surface area contributed by atoms with Gasteiger partial charge in [-0.25, -0.2) is 9.97 Å². The number of hydrogen-bond donors (Lipinski definition) is 1. The summed E-state index contributed by atoms with van der Waals surface area (Å²) < 4.78 is 5.12. The molecule has 0 radical (unpaired) electrons. The van der Waals surface area contributed by atoms with Gasteiger partial charge in [-0.15, -0.1) is 0 Å². The average Bonchev–Trinajstić information content (AvgIpc) is 2.59. The molecule has 7 heteroatoms. The molecule has 3 heterocycles. The predicted molar refractivity (Wildman–Crippen MR) is 92.6 cm³/mol. The third kappa shape index (κ3) is 3.77. The van der Waals surface area contributed by atoms with Crippen LogP contribution in [0.15, 0.2) is 12.4 Å². The topological polar surface area (TPSA) is 84.6 Å². The first-order chi connectivity index (χ1) is 11.6. The Hall–Kier alpha value is -1.89. The van der Waals surface area contributed by atoms with Crippen molar-refractivity contribution in [3.8, 4) is 0 Å². The number of amides is 1. The van der Waals surface area contributed by atoms with E-state index in [2.05, 4.69) is 14.9 Å². The number of nitrogen functional groups attached to an aromatic ring is 1. The molecule has 1 amide bonds. The second-order valence-corrected chi connectivity index (χ2v) is 6.99. The van der Waals surface area contributed by atoms with Crippen LogP contribution < -0.4 is 10.6 Å². The predicted octanol–water partition coefficient (Wildman–Crippen LogP) is 1.30. The van der Waals surface area contributed by atoms with Gasteiger partial charge in [0, 0.05) is 57.8 Å². The molecule has 132 valence electrons. The highest BCUT2D eigenvalue weighted by molar-refractivity contribution is 5.77. The zero-order valence-electron chi connectivity index (χ0n) is 14.4. The highest BCUT2D eigenvalue weighted by Gasteiger charge is 2.41. The Morgan fingerprint density at radius 2 is 2.21 bits per heavy atom. The number of likely N-dealkylation sites (tertiary alicyclic amines) is 1. The van der Waals surface area contributed by atoms with Crippen LogP contribution in [0.5, 0.6) is 0 Å². The zero-order chi connectivity index (χ0) is 17.0. The molecule has 24 heavy (non-hydrogen) atoms. The van der Waals surface area contributed by atoms with Crippen LogP contribution in [0.25, 0.3) is 0 Å². The molecule has 2 saturated heterocycles. The van der Waals surface area contributed by atoms with E-state index in [1.807, 2.05) is 11.0 Å². The summed E-state index contributed by atoms with van der Waals surface area (Å²) in [5.41, 5.74) is 5.97. The Balaban J connectivity index is 1.69. The van der Waals surface area contributed by atoms with Gasteiger partial charge in [0.1, 0.15) is 18.0 Å². The summed E-state index contributed by atoms with van der Waals surface area (Å²) in [5.74, 6) is 1.67. The minimum Gasteiger partial charge on any atom is -0.385 e. The van der Waals surface area contributed by atoms with E-state index in [1.165, 1.54) is 6.33 Å². The molecule has 1 atom stereocenters. The molecule has 0 bridgehead atoms. The first kappa shape index (κ1) is 17.0. The van der Waals surface area contributed by atoms with Crippen LogP contribution in [0.4, 0.5) is 11.6 Å². The number of ether oxygens (including phenoxy) is 1. The van der Waals surface area contributed by atoms with E-state index in [0.29, 0.717) is 18.8 Å². The summed E-state index contributed by atoms with van der Waals surface area (Å²) in [6.45, 7) is 4.23. The number of nitrogens with zero attached hydrogens (tertiary/aromatic N) is 4. The third-order valence-electron chi connectivity index (χ3n) is 5.18. The first-order valence-electron chi connectivity index (χ1n) is 8.71. The number of anilines is 2. The number of aromatic nitrogens is 2. The number of rotatable bonds is 5. The van der Waals surface area contributed by atoms with E-state index in [1.54, 1.807) is 7.11 Å². The SMILES string of the molecule is COCCCN1C[C@]2(CCCN(c3cc(N)ncn3)C2)CCC1=O. The van der Waals surface area contributed by atoms with Crippen LogP contribution in [0.2, 0.25) is 0 Å². The smallest absolute Gasteiger partial charge is 0.222 e. The number of nitrogens with two attached hydrogens (primary N) is 1. The quantitative estimate of drug-likeness (QED) is 0.818. The standard InChI is InChI=1S/C17H27N5O2/c1-24-9-3-8-22-12-17(6-4-16(22)23)5-2-7-21(11-17)15-10-14(18)19-13-20-15/h10,13H,2-9,11-12H2,1H3,(H2,18,19,20)/t17-/m1/s1. The lowest BCUT2D eigenvalue weighted by atomic mass is 9.73. The monoisotopic (exact) mass is 333 g/mol. The van der Waals surface area contributed by atoms with Crippen LogP contribution in [0.1, 0.15) is 32.1 Å². The molecule has 0 saturated carbocycles. The Morgan fingerprint density at radius 3 is 3.00 bits per heavy atom. The van der Waals surface area contributed by atoms with Crippen molar-refractivity contribution in [2.45, 2.75) is 32.1 Å². The average molecular weight is 333 g/mol. The lowest BCUT2D eigenvalue weighted by molar-refractivity contribution is -0.138. The van der Waals surface area contributed by atoms with Crippen LogP contribution in [-0.4, -0.2) is 60.7 Å². The van der Waals surface area contributed by atoms with Gasteiger partial charge in [0.15, 0.2) is 0 Å². The summed E-state index contributed by atoms with van der Waals surface area (Å²) >= 11 is 0. The summed E-state index contributed by atoms with van der Waals surface area (Å²) in [6.07, 6.45) is 6.30. The van der Waals surface area contributed by atoms with Crippen LogP contribution in [0.3, 0.4) is 0 Å². The van der Waals surface area contributed by atoms with Gasteiger partial charge in [0.25, 0.3) is 0 Å². The first-order valence-corrected chi connectivity index (χ1v) is 8.71. The number of carbonyl (C=O) groups is 1. The Labute approximate surface area is 143 Å². The lowest BCUT2D eigenvalue weighted by Crippen LogP contribution is -2.54. The highest BCUT2D eigenvalue weighted by atomic mass is 16.5. The molecule has 2 aliphatic rings. The molecule has 2 N–H and O–H groups in total. The fourth-order valence-corrected chi connectivity index (χ4v) is 3.98. The molecular weight excluding hydrogens is 306 g/mol. The maximum atomic E-state index is 12.2. The van der Waals surface area contributed by atoms with Gasteiger partial charge >= 0.3 is 0 Å². The molecular formula is C17H27N5O2. The summed E-state index contributed by atoms with van der Waals surface area (Å²) in [7, 11) is 1.70. The third-order valence-corrected chi connectivity index (χ3v) is 5.18. The Bertz CT molecular complexity index is 582. The normalized spacial score (nSPS) is 24.6. The van der Waals surface area contributed by atoms with Crippen LogP contribution in [-0.2, 0) is 9.53 Å². The van der Waals surface area contributed by atoms with Gasteiger partial charge in [-0.05, 0) is 25.7 Å². The molecule has 2 fully saturated rings. The van der Waals surface area contributed by atoms with Crippen molar-refractivity contribution in [3.05, 3.63) is 12.4 Å². The van der Waals surface area contributed by atoms with Crippen LogP contribution in [0, 0.1) is 5.41 Å². The Kier molecular flexibility index (Phi) is 5.18. The van der Waals surface area contributed by atoms with E-state index in [4.69, 9.17) is 10.5 Å². The number of hydrogen-bond acceptors (Lipinski definition) is 6. The van der Waals surface area contributed by atoms with Crippen molar-refractivity contribution in [1.82, 2.24) is 14.9 Å². The van der Waals surface area contributed by atoms with Gasteiger partial charge < -0.3 is 20.3 Å². The van der Waals surface area contributed by atoms with E-state index in [0.717, 1.165) is 57.7 Å². The summed E-state index contributed by atoms with van der Waals surface area (Å²) in [5, 5.41) is 0. The van der Waals surface area contributed by atoms with Crippen molar-refractivity contribution in [2.24, 2.45) is 5.41 Å². The number of piperidine rings is 2. The highest BCUT2D eigenvalue weighted by Crippen LogP contribution is 2.40. The number of carbonyl (C=O) groups excluding carboxylic acids is 1. The van der Waals surface area contributed by atoms with Crippen molar-refractivity contribution < 1.29 is 9.53 Å². The fourth-order valence-electron chi connectivity index (χ4n) is 3.98. The summed E-state index contributed by atoms with van der Waals surface area (Å²) in [4.78, 5) is 24.9. The van der Waals surface area contributed by atoms with E-state index < -0.39 is 0 Å². The molecule has 1 spiro atoms. The molecule has 2 aliphatic heterocycles. The zero-order valence-corrected chi connectivity index (χ0v) is 14.4. The molecule has 3 rings (SSSR count). The minimum absolute atomic E-state index is 0.166. The van der Waals surface area contributed by atoms with Gasteiger partial charge in [0.05, 0.1) is 0 Å². The van der Waals surface area contributed by atoms with E-state index in [-0.39, 0.29) is 11.3 Å². The molecule has 1 aromatic heterocycles. The second-order valence-electron chi connectivity index (χ2n) is 6.99. The van der Waals surface area contributed by atoms with Gasteiger partial charge in [0.2, 0.25) is 5.91 Å². The molecule has 0 unspecified atom stereocenters. The minimum atomic E-state index is 0.166. The van der Waals surface area contributed by atoms with Gasteiger partial charge in [-0.1, -0.05) is 0 Å². The Morgan fingerprint density at radius 1 is 1.33 bits per heavy atom. The lowest BCUT2D eigenvalue weighted by Gasteiger charge is -2.48. The molecule has 0 aromatic carbocycles. The maximum Gasteiger partial charge on any atom is 0.222 e. The molecule has 0 aliphatic carbocycles. The van der Waals surface area contributed by atoms with Crippen molar-refractivity contribution >= 4 is 17.5 Å². The van der Waals surface area contributed by atoms with Gasteiger partial charge in [-0.3, -0.25) is 4.79 Å². The molecule has 1 aromatic rings. The largest absolute Gasteiger partial charge is 0.385 e. The second kappa shape index (κ2) is 7.34. The van der Waals surface area contributed by atoms with E-state index >= 15 is 0 Å². The fraction of sp³-hybridized carbons (Fsp3) is 0.706. The number of methoxy groups -OCH3 is 1. The maximum absolute atomic E-state index is 12.2. The summed E-state index contributed by atoms with van der Waals surface area (Å²) in [6, 6.07) is 1.84.